The number of carboxylic acids is 1. The van der Waals surface area contributed by atoms with Gasteiger partial charge in [-0.2, -0.15) is 0 Å². The summed E-state index contributed by atoms with van der Waals surface area (Å²) in [6, 6.07) is 3.51. The van der Waals surface area contributed by atoms with E-state index in [0.717, 1.165) is 28.0 Å². The minimum atomic E-state index is -1.24. The van der Waals surface area contributed by atoms with Crippen LogP contribution in [-0.2, 0) is 14.4 Å². The normalized spacial score (nSPS) is 25.0. The topological polar surface area (TPSA) is 120 Å². The van der Waals surface area contributed by atoms with Crippen molar-refractivity contribution in [2.24, 2.45) is 5.92 Å². The van der Waals surface area contributed by atoms with E-state index in [1.165, 1.54) is 0 Å². The SMILES string of the molecule is O=C(O)CN1C(=O)C2Sc3[nH]c(=O)sc3[C@@H](c3cccnc3)C2C1=O. The number of thiazole rings is 1. The molecule has 0 aliphatic carbocycles. The lowest BCUT2D eigenvalue weighted by atomic mass is 9.84. The fraction of sp³-hybridized carbons (Fsp3) is 0.267. The number of aromatic amines is 1. The van der Waals surface area contributed by atoms with Crippen molar-refractivity contribution in [2.45, 2.75) is 16.2 Å². The average molecular weight is 377 g/mol. The molecule has 2 aliphatic rings. The first kappa shape index (κ1) is 16.0. The lowest BCUT2D eigenvalue weighted by Gasteiger charge is -2.29. The van der Waals surface area contributed by atoms with Gasteiger partial charge >= 0.3 is 10.8 Å². The number of H-pyrrole nitrogens is 1. The molecule has 1 saturated heterocycles. The van der Waals surface area contributed by atoms with Crippen LogP contribution in [0.1, 0.15) is 16.4 Å². The number of fused-ring (bicyclic) bond motifs is 2. The molecule has 8 nitrogen and oxygen atoms in total. The maximum atomic E-state index is 12.8. The molecule has 0 bridgehead atoms. The Kier molecular flexibility index (Phi) is 3.73. The maximum absolute atomic E-state index is 12.8. The molecule has 2 N–H and O–H groups in total. The van der Waals surface area contributed by atoms with Crippen molar-refractivity contribution in [3.63, 3.8) is 0 Å². The zero-order valence-corrected chi connectivity index (χ0v) is 14.2. The first-order chi connectivity index (χ1) is 12.0. The molecule has 25 heavy (non-hydrogen) atoms. The first-order valence-electron chi connectivity index (χ1n) is 7.34. The molecule has 2 aliphatic heterocycles. The van der Waals surface area contributed by atoms with Gasteiger partial charge in [-0.15, -0.1) is 0 Å². The summed E-state index contributed by atoms with van der Waals surface area (Å²) < 4.78 is 0. The molecule has 2 aromatic rings. The second kappa shape index (κ2) is 5.81. The zero-order chi connectivity index (χ0) is 17.7. The Labute approximate surface area is 148 Å². The molecule has 0 aromatic carbocycles. The first-order valence-corrected chi connectivity index (χ1v) is 9.03. The molecule has 4 rings (SSSR count). The third-order valence-corrected chi connectivity index (χ3v) is 6.65. The summed E-state index contributed by atoms with van der Waals surface area (Å²) in [6.45, 7) is -0.658. The van der Waals surface area contributed by atoms with Crippen LogP contribution in [0.3, 0.4) is 0 Å². The number of pyridine rings is 1. The van der Waals surface area contributed by atoms with Gasteiger partial charge in [-0.05, 0) is 11.6 Å². The summed E-state index contributed by atoms with van der Waals surface area (Å²) in [5.41, 5.74) is 0.715. The van der Waals surface area contributed by atoms with Gasteiger partial charge in [0.2, 0.25) is 11.8 Å². The second-order valence-electron chi connectivity index (χ2n) is 5.69. The van der Waals surface area contributed by atoms with E-state index in [0.29, 0.717) is 15.5 Å². The second-order valence-corrected chi connectivity index (χ2v) is 7.86. The Morgan fingerprint density at radius 3 is 2.80 bits per heavy atom. The Bertz CT molecular complexity index is 938. The molecule has 2 aromatic heterocycles. The van der Waals surface area contributed by atoms with Crippen LogP contribution >= 0.6 is 23.1 Å². The van der Waals surface area contributed by atoms with Crippen LogP contribution in [0.25, 0.3) is 0 Å². The number of thioether (sulfide) groups is 1. The van der Waals surface area contributed by atoms with E-state index >= 15 is 0 Å². The Morgan fingerprint density at radius 2 is 2.12 bits per heavy atom. The molecule has 128 valence electrons. The molecule has 2 amide bonds. The summed E-state index contributed by atoms with van der Waals surface area (Å²) in [4.78, 5) is 56.2. The minimum absolute atomic E-state index is 0.256. The smallest absolute Gasteiger partial charge is 0.323 e. The number of nitrogens with zero attached hydrogens (tertiary/aromatic N) is 2. The van der Waals surface area contributed by atoms with Gasteiger partial charge in [-0.25, -0.2) is 0 Å². The van der Waals surface area contributed by atoms with E-state index in [-0.39, 0.29) is 4.87 Å². The average Bonchev–Trinajstić information content (AvgIpc) is 3.06. The van der Waals surface area contributed by atoms with E-state index in [1.54, 1.807) is 24.5 Å². The molecule has 10 heteroatoms. The highest BCUT2D eigenvalue weighted by molar-refractivity contribution is 8.00. The molecule has 2 unspecified atom stereocenters. The van der Waals surface area contributed by atoms with Crippen molar-refractivity contribution >= 4 is 40.9 Å². The molecule has 3 atom stereocenters. The Morgan fingerprint density at radius 1 is 1.32 bits per heavy atom. The molecule has 1 fully saturated rings. The van der Waals surface area contributed by atoms with Gasteiger partial charge in [-0.1, -0.05) is 29.2 Å². The number of hydrogen-bond donors (Lipinski definition) is 2. The van der Waals surface area contributed by atoms with E-state index in [2.05, 4.69) is 9.97 Å². The number of carbonyl (C=O) groups is 3. The van der Waals surface area contributed by atoms with Gasteiger partial charge < -0.3 is 10.1 Å². The van der Waals surface area contributed by atoms with Gasteiger partial charge in [0.15, 0.2) is 0 Å². The van der Waals surface area contributed by atoms with E-state index < -0.39 is 41.4 Å². The zero-order valence-electron chi connectivity index (χ0n) is 12.5. The molecular weight excluding hydrogens is 366 g/mol. The highest BCUT2D eigenvalue weighted by atomic mass is 32.2. The van der Waals surface area contributed by atoms with Crippen molar-refractivity contribution < 1.29 is 19.5 Å². The summed E-state index contributed by atoms with van der Waals surface area (Å²) in [5.74, 6) is -3.56. The molecular formula is C15H11N3O5S2. The number of carbonyl (C=O) groups excluding carboxylic acids is 2. The van der Waals surface area contributed by atoms with E-state index in [9.17, 15) is 19.2 Å². The van der Waals surface area contributed by atoms with Gasteiger partial charge in [0, 0.05) is 23.2 Å². The number of aliphatic carboxylic acids is 1. The highest BCUT2D eigenvalue weighted by Gasteiger charge is 2.56. The van der Waals surface area contributed by atoms with Crippen LogP contribution in [0.2, 0.25) is 0 Å². The van der Waals surface area contributed by atoms with Gasteiger partial charge in [0.05, 0.1) is 10.9 Å². The predicted octanol–water partition coefficient (Wildman–Crippen LogP) is 0.507. The third-order valence-electron chi connectivity index (χ3n) is 4.25. The fourth-order valence-corrected chi connectivity index (χ4v) is 5.82. The monoisotopic (exact) mass is 377 g/mol. The van der Waals surface area contributed by atoms with Crippen molar-refractivity contribution in [2.75, 3.05) is 6.54 Å². The number of carboxylic acid groups (broad SMARTS) is 1. The van der Waals surface area contributed by atoms with Crippen LogP contribution in [0.15, 0.2) is 34.3 Å². The number of amides is 2. The highest BCUT2D eigenvalue weighted by Crippen LogP contribution is 2.52. The standard InChI is InChI=1S/C15H11N3O5S2/c19-7(20)5-18-13(21)9-8(6-2-1-3-16-4-6)10-12(17-15(23)25-10)24-11(9)14(18)22/h1-4,8-9,11H,5H2,(H,17,23)(H,19,20)/t8-,9?,11?/m0/s1. The summed E-state index contributed by atoms with van der Waals surface area (Å²) in [6.07, 6.45) is 3.20. The summed E-state index contributed by atoms with van der Waals surface area (Å²) >= 11 is 2.12. The molecule has 0 saturated carbocycles. The van der Waals surface area contributed by atoms with Crippen molar-refractivity contribution in [3.05, 3.63) is 44.6 Å². The maximum Gasteiger partial charge on any atom is 0.323 e. The van der Waals surface area contributed by atoms with Gasteiger partial charge in [0.25, 0.3) is 0 Å². The van der Waals surface area contributed by atoms with Crippen LogP contribution in [0.5, 0.6) is 0 Å². The lowest BCUT2D eigenvalue weighted by molar-refractivity contribution is -0.149. The number of nitrogens with one attached hydrogen (secondary N) is 1. The van der Waals surface area contributed by atoms with Crippen molar-refractivity contribution in [3.8, 4) is 0 Å². The molecule has 4 heterocycles. The number of rotatable bonds is 3. The van der Waals surface area contributed by atoms with E-state index in [4.69, 9.17) is 5.11 Å². The quantitative estimate of drug-likeness (QED) is 0.748. The van der Waals surface area contributed by atoms with Crippen molar-refractivity contribution in [1.82, 2.24) is 14.9 Å². The van der Waals surface area contributed by atoms with Gasteiger partial charge in [0.1, 0.15) is 11.8 Å². The third kappa shape index (κ3) is 2.48. The Balaban J connectivity index is 1.85. The van der Waals surface area contributed by atoms with Crippen LogP contribution in [0, 0.1) is 5.92 Å². The Hall–Kier alpha value is -2.46. The largest absolute Gasteiger partial charge is 0.480 e. The number of likely N-dealkylation sites (tertiary alicyclic amines) is 1. The van der Waals surface area contributed by atoms with E-state index in [1.807, 2.05) is 0 Å². The van der Waals surface area contributed by atoms with Crippen LogP contribution < -0.4 is 4.87 Å². The van der Waals surface area contributed by atoms with Crippen molar-refractivity contribution in [1.29, 1.82) is 0 Å². The molecule has 0 radical (unpaired) electrons. The number of imide groups is 1. The van der Waals surface area contributed by atoms with Gasteiger partial charge in [-0.3, -0.25) is 29.1 Å². The lowest BCUT2D eigenvalue weighted by Crippen LogP contribution is -2.36. The molecule has 0 spiro atoms. The predicted molar refractivity (Wildman–Crippen MR) is 88.5 cm³/mol. The number of aromatic nitrogens is 2. The number of hydrogen-bond acceptors (Lipinski definition) is 7. The summed E-state index contributed by atoms with van der Waals surface area (Å²) in [5, 5.41) is 8.79. The van der Waals surface area contributed by atoms with Crippen LogP contribution in [0.4, 0.5) is 0 Å². The minimum Gasteiger partial charge on any atom is -0.480 e. The fourth-order valence-electron chi connectivity index (χ4n) is 3.28. The van der Waals surface area contributed by atoms with Crippen LogP contribution in [-0.4, -0.2) is 49.6 Å². The summed E-state index contributed by atoms with van der Waals surface area (Å²) in [7, 11) is 0.